The van der Waals surface area contributed by atoms with Gasteiger partial charge in [0.15, 0.2) is 0 Å². The molecule has 1 heterocycles. The van der Waals surface area contributed by atoms with Gasteiger partial charge in [0, 0.05) is 11.3 Å². The van der Waals surface area contributed by atoms with E-state index in [1.54, 1.807) is 28.8 Å². The Labute approximate surface area is 159 Å². The van der Waals surface area contributed by atoms with E-state index in [-0.39, 0.29) is 12.6 Å². The maximum Gasteiger partial charge on any atom is 0.416 e. The number of nitrogens with zero attached hydrogens (tertiary/aromatic N) is 2. The molecule has 0 aliphatic heterocycles. The molecule has 0 bridgehead atoms. The third-order valence-electron chi connectivity index (χ3n) is 4.41. The van der Waals surface area contributed by atoms with Gasteiger partial charge in [-0.3, -0.25) is 4.57 Å². The predicted molar refractivity (Wildman–Crippen MR) is 98.0 cm³/mol. The molecular formula is C21H14F4N2O. The van der Waals surface area contributed by atoms with Crippen LogP contribution in [0.1, 0.15) is 6.93 Å². The number of benzene rings is 3. The highest BCUT2D eigenvalue weighted by Gasteiger charge is 2.30. The van der Waals surface area contributed by atoms with Gasteiger partial charge in [-0.05, 0) is 54.1 Å². The molecule has 0 atom stereocenters. The van der Waals surface area contributed by atoms with Crippen molar-refractivity contribution in [2.75, 3.05) is 7.09 Å². The predicted octanol–water partition coefficient (Wildman–Crippen LogP) is 5.86. The lowest BCUT2D eigenvalue weighted by atomic mass is 10.0. The molecule has 0 fully saturated rings. The van der Waals surface area contributed by atoms with Crippen LogP contribution < -0.4 is 4.74 Å². The van der Waals surface area contributed by atoms with Crippen molar-refractivity contribution < 1.29 is 23.7 Å². The van der Waals surface area contributed by atoms with Crippen LogP contribution in [0.5, 0.6) is 5.75 Å². The second kappa shape index (κ2) is 6.67. The molecule has 0 N–H and O–H groups in total. The zero-order valence-electron chi connectivity index (χ0n) is 15.4. The van der Waals surface area contributed by atoms with Crippen LogP contribution in [0.4, 0.5) is 17.6 Å². The maximum absolute atomic E-state index is 13.8. The minimum absolute atomic E-state index is 0.217. The number of aromatic nitrogens is 2. The van der Waals surface area contributed by atoms with E-state index in [1.807, 2.05) is 0 Å². The van der Waals surface area contributed by atoms with Crippen molar-refractivity contribution in [3.05, 3.63) is 78.4 Å². The van der Waals surface area contributed by atoms with E-state index in [1.165, 1.54) is 30.6 Å². The molecule has 0 unspecified atom stereocenters. The number of halogens is 4. The van der Waals surface area contributed by atoms with Crippen molar-refractivity contribution in [2.24, 2.45) is 0 Å². The van der Waals surface area contributed by atoms with Gasteiger partial charge in [-0.25, -0.2) is 9.37 Å². The summed E-state index contributed by atoms with van der Waals surface area (Å²) < 4.78 is 66.7. The quantitative estimate of drug-likeness (QED) is 0.412. The minimum Gasteiger partial charge on any atom is -0.496 e. The fraction of sp³-hybridized carbons (Fsp3) is 0.0952. The molecule has 3 aromatic carbocycles. The topological polar surface area (TPSA) is 27.1 Å². The van der Waals surface area contributed by atoms with Crippen LogP contribution in [0.25, 0.3) is 27.8 Å². The van der Waals surface area contributed by atoms with Gasteiger partial charge >= 0.3 is 6.18 Å². The van der Waals surface area contributed by atoms with E-state index in [2.05, 4.69) is 4.98 Å². The minimum atomic E-state index is -4.44. The Morgan fingerprint density at radius 2 is 1.89 bits per heavy atom. The fourth-order valence-corrected chi connectivity index (χ4v) is 3.07. The smallest absolute Gasteiger partial charge is 0.416 e. The molecule has 0 radical (unpaired) electrons. The van der Waals surface area contributed by atoms with Crippen LogP contribution in [0.3, 0.4) is 0 Å². The summed E-state index contributed by atoms with van der Waals surface area (Å²) in [6.45, 7) is 0. The zero-order chi connectivity index (χ0) is 20.6. The van der Waals surface area contributed by atoms with Gasteiger partial charge in [0.05, 0.1) is 25.1 Å². The van der Waals surface area contributed by atoms with Crippen LogP contribution >= 0.6 is 0 Å². The fourth-order valence-electron chi connectivity index (χ4n) is 3.07. The largest absolute Gasteiger partial charge is 0.496 e. The molecule has 4 aromatic rings. The number of rotatable bonds is 3. The second-order valence-electron chi connectivity index (χ2n) is 6.15. The van der Waals surface area contributed by atoms with Gasteiger partial charge < -0.3 is 4.74 Å². The summed E-state index contributed by atoms with van der Waals surface area (Å²) >= 11 is 0. The number of alkyl halides is 3. The van der Waals surface area contributed by atoms with Gasteiger partial charge in [-0.1, -0.05) is 12.1 Å². The number of imidazole rings is 1. The number of ether oxygens (including phenoxy) is 1. The van der Waals surface area contributed by atoms with E-state index in [9.17, 15) is 17.6 Å². The Morgan fingerprint density at radius 1 is 1.04 bits per heavy atom. The van der Waals surface area contributed by atoms with E-state index in [0.717, 1.165) is 12.1 Å². The van der Waals surface area contributed by atoms with Crippen molar-refractivity contribution in [1.29, 1.82) is 0 Å². The Kier molecular flexibility index (Phi) is 4.00. The molecule has 4 rings (SSSR count). The van der Waals surface area contributed by atoms with Gasteiger partial charge in [-0.2, -0.15) is 13.2 Å². The van der Waals surface area contributed by atoms with Crippen LogP contribution in [-0.4, -0.2) is 16.6 Å². The Balaban J connectivity index is 1.80. The zero-order valence-corrected chi connectivity index (χ0v) is 14.4. The molecule has 3 nitrogen and oxygen atoms in total. The van der Waals surface area contributed by atoms with Gasteiger partial charge in [0.2, 0.25) is 0 Å². The number of fused-ring (bicyclic) bond motifs is 1. The van der Waals surface area contributed by atoms with Crippen molar-refractivity contribution in [2.45, 2.75) is 6.18 Å². The van der Waals surface area contributed by atoms with E-state index in [0.29, 0.717) is 28.1 Å². The monoisotopic (exact) mass is 387 g/mol. The average Bonchev–Trinajstić information content (AvgIpc) is 3.12. The summed E-state index contributed by atoms with van der Waals surface area (Å²) in [7, 11) is -0.313. The van der Waals surface area contributed by atoms with Crippen LogP contribution in [-0.2, 0) is 6.18 Å². The highest BCUT2D eigenvalue weighted by molar-refractivity contribution is 5.79. The SMILES string of the molecule is [2H]COc1ccc(F)cc1-c1cccc(-n2cnc3cc(C(F)(F)F)ccc32)c1. The van der Waals surface area contributed by atoms with Gasteiger partial charge in [-0.15, -0.1) is 0 Å². The summed E-state index contributed by atoms with van der Waals surface area (Å²) in [4.78, 5) is 4.09. The molecule has 0 saturated carbocycles. The first-order valence-corrected chi connectivity index (χ1v) is 8.23. The van der Waals surface area contributed by atoms with Crippen molar-refractivity contribution >= 4 is 11.0 Å². The average molecular weight is 387 g/mol. The Bertz CT molecular complexity index is 1190. The summed E-state index contributed by atoms with van der Waals surface area (Å²) in [6.07, 6.45) is -3.00. The number of hydrogen-bond acceptors (Lipinski definition) is 2. The molecule has 1 aromatic heterocycles. The second-order valence-corrected chi connectivity index (χ2v) is 6.15. The number of methoxy groups -OCH3 is 1. The molecule has 0 aliphatic carbocycles. The van der Waals surface area contributed by atoms with Crippen molar-refractivity contribution in [1.82, 2.24) is 9.55 Å². The van der Waals surface area contributed by atoms with Crippen LogP contribution in [0.15, 0.2) is 67.0 Å². The van der Waals surface area contributed by atoms with Gasteiger partial charge in [0.1, 0.15) is 17.9 Å². The molecule has 0 aliphatic rings. The molecule has 0 saturated heterocycles. The van der Waals surface area contributed by atoms with Crippen molar-refractivity contribution in [3.63, 3.8) is 0 Å². The maximum atomic E-state index is 13.8. The molecule has 142 valence electrons. The summed E-state index contributed by atoms with van der Waals surface area (Å²) in [5.41, 5.74) is 1.72. The molecule has 7 heteroatoms. The summed E-state index contributed by atoms with van der Waals surface area (Å²) in [5.74, 6) is -0.0839. The Morgan fingerprint density at radius 3 is 2.68 bits per heavy atom. The lowest BCUT2D eigenvalue weighted by molar-refractivity contribution is -0.137. The molecule has 0 spiro atoms. The van der Waals surface area contributed by atoms with E-state index >= 15 is 0 Å². The van der Waals surface area contributed by atoms with E-state index < -0.39 is 17.6 Å². The number of hydrogen-bond donors (Lipinski definition) is 0. The first-order valence-electron chi connectivity index (χ1n) is 8.94. The molecule has 0 amide bonds. The third-order valence-corrected chi connectivity index (χ3v) is 4.41. The normalized spacial score (nSPS) is 12.2. The molecular weight excluding hydrogens is 372 g/mol. The molecule has 28 heavy (non-hydrogen) atoms. The van der Waals surface area contributed by atoms with Gasteiger partial charge in [0.25, 0.3) is 0 Å². The first kappa shape index (κ1) is 16.8. The highest BCUT2D eigenvalue weighted by Crippen LogP contribution is 2.34. The van der Waals surface area contributed by atoms with Crippen LogP contribution in [0.2, 0.25) is 0 Å². The lowest BCUT2D eigenvalue weighted by Crippen LogP contribution is -2.04. The third kappa shape index (κ3) is 3.19. The van der Waals surface area contributed by atoms with Crippen LogP contribution in [0, 0.1) is 5.82 Å². The van der Waals surface area contributed by atoms with E-state index in [4.69, 9.17) is 6.11 Å². The standard InChI is InChI=1S/C21H14F4N2O/c1-28-20-8-6-15(22)11-17(20)13-3-2-4-16(9-13)27-12-26-18-10-14(21(23,24)25)5-7-19(18)27/h2-12H,1H3/i1D. The Hall–Kier alpha value is -3.35. The summed E-state index contributed by atoms with van der Waals surface area (Å²) in [5, 5.41) is 0. The lowest BCUT2D eigenvalue weighted by Gasteiger charge is -2.11. The summed E-state index contributed by atoms with van der Waals surface area (Å²) in [6, 6.07) is 14.4. The highest BCUT2D eigenvalue weighted by atomic mass is 19.4. The first-order chi connectivity index (χ1) is 13.9. The van der Waals surface area contributed by atoms with Crippen molar-refractivity contribution in [3.8, 4) is 22.6 Å².